The predicted molar refractivity (Wildman–Crippen MR) is 150 cm³/mol. The third-order valence-electron chi connectivity index (χ3n) is 6.28. The fraction of sp³-hybridized carbons (Fsp3) is 0.172. The van der Waals surface area contributed by atoms with Gasteiger partial charge >= 0.3 is 0 Å². The maximum Gasteiger partial charge on any atom is 0.266 e. The van der Waals surface area contributed by atoms with Gasteiger partial charge in [-0.2, -0.15) is 0 Å². The van der Waals surface area contributed by atoms with Crippen molar-refractivity contribution in [3.63, 3.8) is 0 Å². The maximum absolute atomic E-state index is 13.7. The minimum atomic E-state index is -0.441. The van der Waals surface area contributed by atoms with Gasteiger partial charge in [-0.1, -0.05) is 30.0 Å². The standard InChI is InChI=1S/C29H25FN4O4S/c1-17-26(21-5-3-4-6-23(21)32-17)25(35)16-39-29-33-24-15-18(27(36)31-13-14-38-2)7-12-22(24)28(37)34(29)20-10-8-19(30)9-11-20/h3-12,15,32H,13-14,16H2,1-2H3,(H,31,36). The Morgan fingerprint density at radius 3 is 2.62 bits per heavy atom. The Morgan fingerprint density at radius 2 is 1.85 bits per heavy atom. The number of carbonyl (C=O) groups is 2. The Kier molecular flexibility index (Phi) is 7.58. The van der Waals surface area contributed by atoms with Gasteiger partial charge in [0.2, 0.25) is 0 Å². The third-order valence-corrected chi connectivity index (χ3v) is 7.22. The number of ether oxygens (including phenoxy) is 1. The number of amides is 1. The van der Waals surface area contributed by atoms with Crippen LogP contribution in [0.4, 0.5) is 4.39 Å². The van der Waals surface area contributed by atoms with Crippen LogP contribution in [-0.2, 0) is 4.74 Å². The van der Waals surface area contributed by atoms with E-state index in [1.807, 2.05) is 31.2 Å². The van der Waals surface area contributed by atoms with E-state index in [2.05, 4.69) is 15.3 Å². The highest BCUT2D eigenvalue weighted by Crippen LogP contribution is 2.27. The summed E-state index contributed by atoms with van der Waals surface area (Å²) in [5.74, 6) is -0.873. The first kappa shape index (κ1) is 26.3. The van der Waals surface area contributed by atoms with Gasteiger partial charge in [0.05, 0.1) is 29.0 Å². The number of benzene rings is 3. The van der Waals surface area contributed by atoms with Crippen molar-refractivity contribution in [2.24, 2.45) is 0 Å². The summed E-state index contributed by atoms with van der Waals surface area (Å²) in [6.45, 7) is 2.55. The Balaban J connectivity index is 1.54. The smallest absolute Gasteiger partial charge is 0.266 e. The molecule has 0 saturated carbocycles. The first-order valence-corrected chi connectivity index (χ1v) is 13.2. The Morgan fingerprint density at radius 1 is 1.08 bits per heavy atom. The molecule has 0 bridgehead atoms. The van der Waals surface area contributed by atoms with Gasteiger partial charge in [-0.15, -0.1) is 0 Å². The van der Waals surface area contributed by atoms with E-state index in [1.165, 1.54) is 28.8 Å². The van der Waals surface area contributed by atoms with E-state index in [1.54, 1.807) is 25.3 Å². The Hall–Kier alpha value is -4.28. The van der Waals surface area contributed by atoms with Crippen molar-refractivity contribution in [1.29, 1.82) is 0 Å². The number of nitrogens with one attached hydrogen (secondary N) is 2. The van der Waals surface area contributed by atoms with E-state index in [-0.39, 0.29) is 28.0 Å². The van der Waals surface area contributed by atoms with E-state index in [0.29, 0.717) is 35.5 Å². The highest BCUT2D eigenvalue weighted by Gasteiger charge is 2.20. The van der Waals surface area contributed by atoms with Crippen molar-refractivity contribution in [3.8, 4) is 5.69 Å². The number of aromatic amines is 1. The number of ketones is 1. The fourth-order valence-electron chi connectivity index (χ4n) is 4.43. The van der Waals surface area contributed by atoms with Gasteiger partial charge in [-0.05, 0) is 55.5 Å². The molecule has 5 rings (SSSR count). The number of Topliss-reactive ketones (excluding diaryl/α,β-unsaturated/α-hetero) is 1. The summed E-state index contributed by atoms with van der Waals surface area (Å²) < 4.78 is 20.0. The van der Waals surface area contributed by atoms with Gasteiger partial charge in [-0.25, -0.2) is 9.37 Å². The van der Waals surface area contributed by atoms with Crippen LogP contribution < -0.4 is 10.9 Å². The zero-order valence-electron chi connectivity index (χ0n) is 21.3. The van der Waals surface area contributed by atoms with Crippen LogP contribution in [-0.4, -0.2) is 52.2 Å². The summed E-state index contributed by atoms with van der Waals surface area (Å²) >= 11 is 1.11. The number of methoxy groups -OCH3 is 1. The molecule has 198 valence electrons. The second-order valence-electron chi connectivity index (χ2n) is 8.87. The molecule has 39 heavy (non-hydrogen) atoms. The second-order valence-corrected chi connectivity index (χ2v) is 9.82. The number of hydrogen-bond donors (Lipinski definition) is 2. The number of carbonyl (C=O) groups excluding carboxylic acids is 2. The van der Waals surface area contributed by atoms with Crippen molar-refractivity contribution in [2.45, 2.75) is 12.1 Å². The van der Waals surface area contributed by atoms with Crippen LogP contribution in [0.2, 0.25) is 0 Å². The van der Waals surface area contributed by atoms with Gasteiger partial charge in [0, 0.05) is 41.4 Å². The lowest BCUT2D eigenvalue weighted by Crippen LogP contribution is -2.27. The molecule has 0 atom stereocenters. The minimum Gasteiger partial charge on any atom is -0.383 e. The summed E-state index contributed by atoms with van der Waals surface area (Å²) in [4.78, 5) is 47.5. The number of aromatic nitrogens is 3. The van der Waals surface area contributed by atoms with E-state index >= 15 is 0 Å². The molecule has 8 nitrogen and oxygen atoms in total. The highest BCUT2D eigenvalue weighted by atomic mass is 32.2. The summed E-state index contributed by atoms with van der Waals surface area (Å²) in [6, 6.07) is 17.7. The van der Waals surface area contributed by atoms with Gasteiger partial charge < -0.3 is 15.0 Å². The van der Waals surface area contributed by atoms with Crippen LogP contribution in [0.5, 0.6) is 0 Å². The topological polar surface area (TPSA) is 106 Å². The van der Waals surface area contributed by atoms with Crippen LogP contribution in [0.3, 0.4) is 0 Å². The molecule has 0 aliphatic carbocycles. The van der Waals surface area contributed by atoms with Crippen LogP contribution in [0, 0.1) is 12.7 Å². The van der Waals surface area contributed by atoms with Crippen LogP contribution in [0.1, 0.15) is 26.4 Å². The summed E-state index contributed by atoms with van der Waals surface area (Å²) in [6.07, 6.45) is 0. The summed E-state index contributed by atoms with van der Waals surface area (Å²) in [5, 5.41) is 4.11. The van der Waals surface area contributed by atoms with Crippen molar-refractivity contribution in [1.82, 2.24) is 19.9 Å². The molecule has 2 heterocycles. The lowest BCUT2D eigenvalue weighted by Gasteiger charge is -2.14. The molecule has 0 fully saturated rings. The molecule has 10 heteroatoms. The predicted octanol–water partition coefficient (Wildman–Crippen LogP) is 4.67. The average Bonchev–Trinajstić information content (AvgIpc) is 3.28. The largest absolute Gasteiger partial charge is 0.383 e. The van der Waals surface area contributed by atoms with Crippen molar-refractivity contribution >= 4 is 45.3 Å². The van der Waals surface area contributed by atoms with Crippen molar-refractivity contribution in [3.05, 3.63) is 99.7 Å². The second kappa shape index (κ2) is 11.2. The molecule has 0 spiro atoms. The quantitative estimate of drug-likeness (QED) is 0.121. The van der Waals surface area contributed by atoms with Crippen molar-refractivity contribution in [2.75, 3.05) is 26.0 Å². The number of H-pyrrole nitrogens is 1. The number of hydrogen-bond acceptors (Lipinski definition) is 6. The Labute approximate surface area is 227 Å². The van der Waals surface area contributed by atoms with Crippen molar-refractivity contribution < 1.29 is 18.7 Å². The van der Waals surface area contributed by atoms with Gasteiger partial charge in [0.1, 0.15) is 5.82 Å². The number of para-hydroxylation sites is 1. The molecular formula is C29H25FN4O4S. The molecule has 0 aliphatic heterocycles. The summed E-state index contributed by atoms with van der Waals surface area (Å²) in [7, 11) is 1.54. The monoisotopic (exact) mass is 544 g/mol. The maximum atomic E-state index is 13.7. The molecule has 2 aromatic heterocycles. The van der Waals surface area contributed by atoms with E-state index in [0.717, 1.165) is 28.4 Å². The first-order chi connectivity index (χ1) is 18.9. The summed E-state index contributed by atoms with van der Waals surface area (Å²) in [5.41, 5.74) is 2.89. The zero-order chi connectivity index (χ0) is 27.5. The SMILES string of the molecule is COCCNC(=O)c1ccc2c(=O)n(-c3ccc(F)cc3)c(SCC(=O)c3c(C)[nH]c4ccccc34)nc2c1. The molecule has 5 aromatic rings. The molecule has 0 aliphatic rings. The number of halogens is 1. The normalized spacial score (nSPS) is 11.3. The van der Waals surface area contributed by atoms with E-state index in [4.69, 9.17) is 4.74 Å². The zero-order valence-corrected chi connectivity index (χ0v) is 22.1. The molecule has 2 N–H and O–H groups in total. The number of nitrogens with zero attached hydrogens (tertiary/aromatic N) is 2. The highest BCUT2D eigenvalue weighted by molar-refractivity contribution is 7.99. The van der Waals surface area contributed by atoms with Gasteiger partial charge in [0.15, 0.2) is 10.9 Å². The average molecular weight is 545 g/mol. The lowest BCUT2D eigenvalue weighted by atomic mass is 10.1. The number of rotatable bonds is 9. The van der Waals surface area contributed by atoms with Crippen LogP contribution in [0.25, 0.3) is 27.5 Å². The van der Waals surface area contributed by atoms with Crippen LogP contribution >= 0.6 is 11.8 Å². The van der Waals surface area contributed by atoms with E-state index < -0.39 is 11.4 Å². The number of fused-ring (bicyclic) bond motifs is 2. The Bertz CT molecular complexity index is 1760. The fourth-order valence-corrected chi connectivity index (χ4v) is 5.31. The molecule has 0 unspecified atom stereocenters. The molecule has 1 amide bonds. The third kappa shape index (κ3) is 5.34. The molecule has 0 saturated heterocycles. The number of aryl methyl sites for hydroxylation is 1. The van der Waals surface area contributed by atoms with Gasteiger partial charge in [0.25, 0.3) is 11.5 Å². The lowest BCUT2D eigenvalue weighted by molar-refractivity contribution is 0.0936. The van der Waals surface area contributed by atoms with Crippen LogP contribution in [0.15, 0.2) is 76.7 Å². The number of thioether (sulfide) groups is 1. The molecular weight excluding hydrogens is 519 g/mol. The molecule has 3 aromatic carbocycles. The minimum absolute atomic E-state index is 0.0129. The van der Waals surface area contributed by atoms with Gasteiger partial charge in [-0.3, -0.25) is 19.0 Å². The first-order valence-electron chi connectivity index (χ1n) is 12.2. The van der Waals surface area contributed by atoms with E-state index in [9.17, 15) is 18.8 Å². The molecule has 0 radical (unpaired) electrons.